The van der Waals surface area contributed by atoms with Crippen LogP contribution in [0.4, 0.5) is 0 Å². The number of benzene rings is 7. The molecule has 7 aromatic carbocycles. The number of aromatic nitrogens is 2. The van der Waals surface area contributed by atoms with E-state index < -0.39 is 0 Å². The molecule has 0 bridgehead atoms. The molecule has 9 rings (SSSR count). The summed E-state index contributed by atoms with van der Waals surface area (Å²) in [6.07, 6.45) is 0. The van der Waals surface area contributed by atoms with Crippen molar-refractivity contribution in [3.63, 3.8) is 0 Å². The zero-order chi connectivity index (χ0) is 37.5. The normalized spacial score (nSPS) is 10.9. The monoisotopic (exact) mass is 720 g/mol. The van der Waals surface area contributed by atoms with E-state index in [2.05, 4.69) is 84.9 Å². The Morgan fingerprint density at radius 1 is 0.268 bits per heavy atom. The maximum atomic E-state index is 6.87. The Labute approximate surface area is 327 Å². The number of nitrogens with zero attached hydrogens (tertiary/aromatic N) is 2. The Morgan fingerprint density at radius 3 is 0.839 bits per heavy atom. The van der Waals surface area contributed by atoms with Crippen LogP contribution >= 0.6 is 0 Å². The van der Waals surface area contributed by atoms with Gasteiger partial charge in [0, 0.05) is 33.4 Å². The highest BCUT2D eigenvalue weighted by molar-refractivity contribution is 5.86. The topological polar surface area (TPSA) is 44.2 Å². The van der Waals surface area contributed by atoms with Crippen molar-refractivity contribution >= 4 is 0 Å². The Morgan fingerprint density at radius 2 is 0.536 bits per heavy atom. The summed E-state index contributed by atoms with van der Waals surface area (Å²) in [5.41, 5.74) is 11.2. The minimum Gasteiger partial charge on any atom is -0.454 e. The molecule has 0 aliphatic heterocycles. The van der Waals surface area contributed by atoms with E-state index >= 15 is 0 Å². The lowest BCUT2D eigenvalue weighted by Gasteiger charge is -2.19. The van der Waals surface area contributed by atoms with Gasteiger partial charge in [-0.25, -0.2) is 9.97 Å². The van der Waals surface area contributed by atoms with Gasteiger partial charge in [0.1, 0.15) is 22.9 Å². The highest BCUT2D eigenvalue weighted by Gasteiger charge is 2.21. The first-order valence-corrected chi connectivity index (χ1v) is 18.7. The summed E-state index contributed by atoms with van der Waals surface area (Å²) in [7, 11) is 0. The van der Waals surface area contributed by atoms with Gasteiger partial charge >= 0.3 is 0 Å². The fourth-order valence-electron chi connectivity index (χ4n) is 6.85. The second-order valence-electron chi connectivity index (χ2n) is 13.3. The van der Waals surface area contributed by atoms with E-state index in [-0.39, 0.29) is 0 Å². The zero-order valence-corrected chi connectivity index (χ0v) is 30.5. The molecule has 0 saturated heterocycles. The molecular weight excluding hydrogens is 685 g/mol. The van der Waals surface area contributed by atoms with Gasteiger partial charge in [-0.3, -0.25) is 0 Å². The quantitative estimate of drug-likeness (QED) is 0.141. The second-order valence-corrected chi connectivity index (χ2v) is 13.3. The maximum Gasteiger partial charge on any atom is 0.161 e. The first kappa shape index (κ1) is 34.2. The van der Waals surface area contributed by atoms with Gasteiger partial charge in [0.2, 0.25) is 0 Å². The van der Waals surface area contributed by atoms with Crippen molar-refractivity contribution in [2.45, 2.75) is 0 Å². The predicted octanol–water partition coefficient (Wildman–Crippen LogP) is 14.1. The van der Waals surface area contributed by atoms with Gasteiger partial charge in [-0.15, -0.1) is 0 Å². The van der Waals surface area contributed by atoms with Crippen molar-refractivity contribution in [2.75, 3.05) is 0 Å². The van der Waals surface area contributed by atoms with Gasteiger partial charge in [0.25, 0.3) is 0 Å². The number of pyridine rings is 2. The molecule has 0 saturated carbocycles. The molecule has 0 N–H and O–H groups in total. The van der Waals surface area contributed by atoms with Crippen LogP contribution in [0, 0.1) is 0 Å². The minimum absolute atomic E-state index is 0.657. The van der Waals surface area contributed by atoms with E-state index in [1.54, 1.807) is 0 Å². The molecule has 2 heterocycles. The average molecular weight is 721 g/mol. The number of rotatable bonds is 10. The van der Waals surface area contributed by atoms with Crippen LogP contribution in [0.25, 0.3) is 67.3 Å². The van der Waals surface area contributed by atoms with Gasteiger partial charge in [0.15, 0.2) is 11.5 Å². The van der Waals surface area contributed by atoms with Crippen LogP contribution in [0.1, 0.15) is 0 Å². The summed E-state index contributed by atoms with van der Waals surface area (Å²) >= 11 is 0. The van der Waals surface area contributed by atoms with E-state index in [1.165, 1.54) is 0 Å². The van der Waals surface area contributed by atoms with Gasteiger partial charge in [-0.2, -0.15) is 0 Å². The lowest BCUT2D eigenvalue weighted by Crippen LogP contribution is -1.99. The molecule has 0 spiro atoms. The van der Waals surface area contributed by atoms with Gasteiger partial charge in [-0.1, -0.05) is 182 Å². The van der Waals surface area contributed by atoms with E-state index in [1.807, 2.05) is 133 Å². The van der Waals surface area contributed by atoms with E-state index in [4.69, 9.17) is 19.4 Å². The van der Waals surface area contributed by atoms with E-state index in [9.17, 15) is 0 Å². The third kappa shape index (κ3) is 7.32. The number of ether oxygens (including phenoxy) is 2. The van der Waals surface area contributed by atoms with Crippen LogP contribution in [0.15, 0.2) is 218 Å². The van der Waals surface area contributed by atoms with Gasteiger partial charge in [0.05, 0.1) is 11.4 Å². The summed E-state index contributed by atoms with van der Waals surface area (Å²) in [6, 6.07) is 73.6. The molecular formula is C52H36N2O2. The fraction of sp³-hybridized carbons (Fsp3) is 0. The predicted molar refractivity (Wildman–Crippen MR) is 228 cm³/mol. The molecule has 0 fully saturated rings. The number of hydrogen-bond donors (Lipinski definition) is 0. The third-order valence-electron chi connectivity index (χ3n) is 9.61. The summed E-state index contributed by atoms with van der Waals surface area (Å²) in [5, 5.41) is 0. The highest BCUT2D eigenvalue weighted by Crippen LogP contribution is 2.45. The van der Waals surface area contributed by atoms with E-state index in [0.717, 1.165) is 67.3 Å². The molecule has 9 aromatic rings. The molecule has 0 amide bonds. The lowest BCUT2D eigenvalue weighted by molar-refractivity contribution is 0.471. The summed E-state index contributed by atoms with van der Waals surface area (Å²) in [5.74, 6) is 2.67. The molecule has 2 aromatic heterocycles. The number of hydrogen-bond acceptors (Lipinski definition) is 4. The van der Waals surface area contributed by atoms with Crippen LogP contribution in [0.5, 0.6) is 23.0 Å². The maximum absolute atomic E-state index is 6.87. The lowest BCUT2D eigenvalue weighted by atomic mass is 9.98. The van der Waals surface area contributed by atoms with E-state index in [0.29, 0.717) is 23.0 Å². The van der Waals surface area contributed by atoms with Crippen LogP contribution < -0.4 is 9.47 Å². The van der Waals surface area contributed by atoms with Crippen LogP contribution in [0.3, 0.4) is 0 Å². The molecule has 0 aliphatic carbocycles. The van der Waals surface area contributed by atoms with Crippen molar-refractivity contribution in [3.05, 3.63) is 218 Å². The van der Waals surface area contributed by atoms with Crippen LogP contribution in [-0.4, -0.2) is 9.97 Å². The van der Waals surface area contributed by atoms with Crippen molar-refractivity contribution < 1.29 is 9.47 Å². The minimum atomic E-state index is 0.657. The SMILES string of the molecule is c1ccc(-c2cc(-c3ccccc3)c(Oc3ccc(Oc4c(-c5ccccc5)cc(-c5ccccc5)nc4-c4ccccc4)cc3)c(-c3ccccc3)n2)cc1. The molecule has 0 unspecified atom stereocenters. The molecule has 0 aliphatic rings. The van der Waals surface area contributed by atoms with Crippen LogP contribution in [-0.2, 0) is 0 Å². The largest absolute Gasteiger partial charge is 0.454 e. The molecule has 0 atom stereocenters. The first-order valence-electron chi connectivity index (χ1n) is 18.7. The summed E-state index contributed by atoms with van der Waals surface area (Å²) in [6.45, 7) is 0. The Kier molecular flexibility index (Phi) is 9.66. The summed E-state index contributed by atoms with van der Waals surface area (Å²) < 4.78 is 13.7. The Hall–Kier alpha value is -7.56. The second kappa shape index (κ2) is 15.8. The fourth-order valence-corrected chi connectivity index (χ4v) is 6.85. The molecule has 266 valence electrons. The Balaban J connectivity index is 1.14. The van der Waals surface area contributed by atoms with Crippen molar-refractivity contribution in [1.29, 1.82) is 0 Å². The van der Waals surface area contributed by atoms with Crippen molar-refractivity contribution in [2.24, 2.45) is 0 Å². The molecule has 4 heteroatoms. The smallest absolute Gasteiger partial charge is 0.161 e. The van der Waals surface area contributed by atoms with Gasteiger partial charge in [-0.05, 0) is 47.5 Å². The Bertz CT molecular complexity index is 2380. The van der Waals surface area contributed by atoms with Crippen molar-refractivity contribution in [1.82, 2.24) is 9.97 Å². The highest BCUT2D eigenvalue weighted by atomic mass is 16.5. The first-order chi connectivity index (χ1) is 27.8. The molecule has 56 heavy (non-hydrogen) atoms. The average Bonchev–Trinajstić information content (AvgIpc) is 3.29. The van der Waals surface area contributed by atoms with Crippen LogP contribution in [0.2, 0.25) is 0 Å². The molecule has 4 nitrogen and oxygen atoms in total. The molecule has 0 radical (unpaired) electrons. The third-order valence-corrected chi connectivity index (χ3v) is 9.61. The summed E-state index contributed by atoms with van der Waals surface area (Å²) in [4.78, 5) is 10.4. The standard InChI is InChI=1S/C52H36N2O2/c1-7-19-37(20-8-1)45-35-47(39-23-11-3-12-24-39)53-49(41-27-15-5-16-28-41)51(45)55-43-31-33-44(34-32-43)56-52-46(38-21-9-2-10-22-38)36-48(40-25-13-4-14-26-40)54-50(52)42-29-17-6-18-30-42/h1-36H. The van der Waals surface area contributed by atoms with Gasteiger partial charge < -0.3 is 9.47 Å². The zero-order valence-electron chi connectivity index (χ0n) is 30.5. The van der Waals surface area contributed by atoms with Crippen molar-refractivity contribution in [3.8, 4) is 90.3 Å².